The molecule has 0 aliphatic carbocycles. The molecule has 5 nitrogen and oxygen atoms in total. The third-order valence-electron chi connectivity index (χ3n) is 3.17. The van der Waals surface area contributed by atoms with E-state index in [9.17, 15) is 9.90 Å². The molecule has 1 atom stereocenters. The first-order valence-corrected chi connectivity index (χ1v) is 5.89. The van der Waals surface area contributed by atoms with Gasteiger partial charge in [0.25, 0.3) is 0 Å². The molecule has 0 bridgehead atoms. The van der Waals surface area contributed by atoms with Gasteiger partial charge in [-0.25, -0.2) is 0 Å². The normalized spacial score (nSPS) is 13.2. The maximum absolute atomic E-state index is 11.2. The molecule has 0 saturated carbocycles. The van der Waals surface area contributed by atoms with Gasteiger partial charge < -0.3 is 19.7 Å². The Labute approximate surface area is 108 Å². The number of carbonyl (C=O) groups is 1. The van der Waals surface area contributed by atoms with E-state index in [-0.39, 0.29) is 0 Å². The molecule has 1 unspecified atom stereocenters. The number of aryl methyl sites for hydroxylation is 2. The average Bonchev–Trinajstić information content (AvgIpc) is 2.85. The van der Waals surface area contributed by atoms with Crippen molar-refractivity contribution in [3.05, 3.63) is 35.3 Å². The van der Waals surface area contributed by atoms with Gasteiger partial charge in [0.05, 0.1) is 0 Å². The van der Waals surface area contributed by atoms with Crippen LogP contribution in [0.4, 0.5) is 0 Å². The zero-order valence-electron chi connectivity index (χ0n) is 10.6. The summed E-state index contributed by atoms with van der Waals surface area (Å²) in [4.78, 5) is 11.2. The fourth-order valence-corrected chi connectivity index (χ4v) is 2.40. The molecule has 0 fully saturated rings. The first kappa shape index (κ1) is 11.8. The number of carboxylic acid groups (broad SMARTS) is 1. The highest BCUT2D eigenvalue weighted by Crippen LogP contribution is 2.35. The molecule has 0 aliphatic rings. The van der Waals surface area contributed by atoms with Crippen molar-refractivity contribution in [2.45, 2.75) is 19.9 Å². The molecule has 0 aliphatic heterocycles. The van der Waals surface area contributed by atoms with Crippen LogP contribution >= 0.6 is 0 Å². The molecule has 2 aromatic heterocycles. The minimum atomic E-state index is -1.14. The Morgan fingerprint density at radius 1 is 1.21 bits per heavy atom. The van der Waals surface area contributed by atoms with Gasteiger partial charge in [-0.2, -0.15) is 0 Å². The lowest BCUT2D eigenvalue weighted by atomic mass is 10.0. The predicted octanol–water partition coefficient (Wildman–Crippen LogP) is 2.88. The van der Waals surface area contributed by atoms with Crippen molar-refractivity contribution in [1.82, 2.24) is 0 Å². The van der Waals surface area contributed by atoms with Crippen LogP contribution in [0.15, 0.2) is 27.0 Å². The van der Waals surface area contributed by atoms with Crippen LogP contribution in [0.2, 0.25) is 0 Å². The van der Waals surface area contributed by atoms with Gasteiger partial charge in [-0.15, -0.1) is 0 Å². The van der Waals surface area contributed by atoms with E-state index in [1.165, 1.54) is 0 Å². The van der Waals surface area contributed by atoms with Crippen LogP contribution in [0.3, 0.4) is 0 Å². The van der Waals surface area contributed by atoms with Gasteiger partial charge >= 0.3 is 5.97 Å². The van der Waals surface area contributed by atoms with Gasteiger partial charge in [-0.3, -0.25) is 4.79 Å². The Hall–Kier alpha value is -2.27. The van der Waals surface area contributed by atoms with Crippen LogP contribution in [0.25, 0.3) is 21.9 Å². The standard InChI is InChI=1S/C14H13NO4/c1-6-3-8-5-10-9(4-7(2)18-10)11(13(8)19-6)12(15)14(16)17/h3-5,12H,15H2,1-2H3,(H,16,17). The molecule has 2 heterocycles. The molecule has 0 amide bonds. The van der Waals surface area contributed by atoms with Crippen molar-refractivity contribution < 1.29 is 18.7 Å². The number of aliphatic carboxylic acids is 1. The molecule has 3 rings (SSSR count). The van der Waals surface area contributed by atoms with E-state index in [4.69, 9.17) is 14.6 Å². The van der Waals surface area contributed by atoms with E-state index in [2.05, 4.69) is 0 Å². The summed E-state index contributed by atoms with van der Waals surface area (Å²) in [7, 11) is 0. The predicted molar refractivity (Wildman–Crippen MR) is 70.0 cm³/mol. The molecule has 98 valence electrons. The Balaban J connectivity index is 2.47. The molecular formula is C14H13NO4. The summed E-state index contributed by atoms with van der Waals surface area (Å²) in [6, 6.07) is 4.32. The molecule has 0 spiro atoms. The van der Waals surface area contributed by atoms with E-state index in [0.29, 0.717) is 33.6 Å². The van der Waals surface area contributed by atoms with Crippen molar-refractivity contribution in [2.75, 3.05) is 0 Å². The number of fused-ring (bicyclic) bond motifs is 2. The second-order valence-corrected chi connectivity index (χ2v) is 4.65. The smallest absolute Gasteiger partial charge is 0.325 e. The van der Waals surface area contributed by atoms with E-state index in [1.54, 1.807) is 6.07 Å². The van der Waals surface area contributed by atoms with E-state index >= 15 is 0 Å². The molecule has 5 heteroatoms. The summed E-state index contributed by atoms with van der Waals surface area (Å²) in [5, 5.41) is 10.7. The Morgan fingerprint density at radius 3 is 2.58 bits per heavy atom. The van der Waals surface area contributed by atoms with Crippen LogP contribution in [0.5, 0.6) is 0 Å². The van der Waals surface area contributed by atoms with Crippen LogP contribution in [0, 0.1) is 13.8 Å². The minimum Gasteiger partial charge on any atom is -0.480 e. The highest BCUT2D eigenvalue weighted by molar-refractivity contribution is 6.01. The molecular weight excluding hydrogens is 246 g/mol. The van der Waals surface area contributed by atoms with Crippen LogP contribution in [0.1, 0.15) is 23.1 Å². The first-order chi connectivity index (χ1) is 8.97. The lowest BCUT2D eigenvalue weighted by Crippen LogP contribution is -2.21. The summed E-state index contributed by atoms with van der Waals surface area (Å²) < 4.78 is 11.2. The number of nitrogens with two attached hydrogens (primary N) is 1. The number of hydrogen-bond acceptors (Lipinski definition) is 4. The highest BCUT2D eigenvalue weighted by Gasteiger charge is 2.24. The number of hydrogen-bond donors (Lipinski definition) is 2. The van der Waals surface area contributed by atoms with Crippen molar-refractivity contribution in [3.63, 3.8) is 0 Å². The lowest BCUT2D eigenvalue weighted by Gasteiger charge is -2.08. The van der Waals surface area contributed by atoms with Crippen molar-refractivity contribution in [3.8, 4) is 0 Å². The largest absolute Gasteiger partial charge is 0.480 e. The highest BCUT2D eigenvalue weighted by atomic mass is 16.4. The van der Waals surface area contributed by atoms with E-state index < -0.39 is 12.0 Å². The fourth-order valence-electron chi connectivity index (χ4n) is 2.40. The van der Waals surface area contributed by atoms with Crippen molar-refractivity contribution in [2.24, 2.45) is 5.73 Å². The third-order valence-corrected chi connectivity index (χ3v) is 3.17. The Kier molecular flexibility index (Phi) is 2.40. The third kappa shape index (κ3) is 1.70. The summed E-state index contributed by atoms with van der Waals surface area (Å²) >= 11 is 0. The summed E-state index contributed by atoms with van der Waals surface area (Å²) in [6.45, 7) is 3.62. The Bertz CT molecular complexity index is 742. The van der Waals surface area contributed by atoms with Crippen molar-refractivity contribution in [1.29, 1.82) is 0 Å². The van der Waals surface area contributed by atoms with Gasteiger partial charge in [0.15, 0.2) is 0 Å². The van der Waals surface area contributed by atoms with E-state index in [0.717, 1.165) is 5.39 Å². The number of carboxylic acids is 1. The lowest BCUT2D eigenvalue weighted by molar-refractivity contribution is -0.138. The minimum absolute atomic E-state index is 0.463. The van der Waals surface area contributed by atoms with Crippen LogP contribution in [-0.2, 0) is 4.79 Å². The zero-order chi connectivity index (χ0) is 13.7. The summed E-state index contributed by atoms with van der Waals surface area (Å²) in [6.07, 6.45) is 0. The first-order valence-electron chi connectivity index (χ1n) is 5.89. The molecule has 3 N–H and O–H groups in total. The number of rotatable bonds is 2. The summed E-state index contributed by atoms with van der Waals surface area (Å²) in [5.74, 6) is 0.318. The van der Waals surface area contributed by atoms with Gasteiger partial charge in [-0.05, 0) is 32.0 Å². The van der Waals surface area contributed by atoms with Crippen LogP contribution < -0.4 is 5.73 Å². The quantitative estimate of drug-likeness (QED) is 0.738. The molecule has 0 radical (unpaired) electrons. The molecule has 1 aromatic carbocycles. The summed E-state index contributed by atoms with van der Waals surface area (Å²) in [5.41, 5.74) is 7.39. The van der Waals surface area contributed by atoms with Crippen LogP contribution in [-0.4, -0.2) is 11.1 Å². The van der Waals surface area contributed by atoms with Gasteiger partial charge in [0.2, 0.25) is 0 Å². The number of benzene rings is 1. The topological polar surface area (TPSA) is 89.6 Å². The van der Waals surface area contributed by atoms with Gasteiger partial charge in [-0.1, -0.05) is 0 Å². The zero-order valence-corrected chi connectivity index (χ0v) is 10.6. The van der Waals surface area contributed by atoms with Gasteiger partial charge in [0.1, 0.15) is 28.7 Å². The monoisotopic (exact) mass is 259 g/mol. The average molecular weight is 259 g/mol. The molecule has 19 heavy (non-hydrogen) atoms. The van der Waals surface area contributed by atoms with Gasteiger partial charge in [0, 0.05) is 16.3 Å². The molecule has 3 aromatic rings. The van der Waals surface area contributed by atoms with E-state index in [1.807, 2.05) is 26.0 Å². The molecule has 0 saturated heterocycles. The maximum atomic E-state index is 11.2. The Morgan fingerprint density at radius 2 is 1.89 bits per heavy atom. The SMILES string of the molecule is Cc1cc2c(C(N)C(=O)O)c3oc(C)cc3cc2o1. The maximum Gasteiger partial charge on any atom is 0.325 e. The number of furan rings is 2. The van der Waals surface area contributed by atoms with Crippen molar-refractivity contribution >= 4 is 27.9 Å². The fraction of sp³-hybridized carbons (Fsp3) is 0.214. The second kappa shape index (κ2) is 3.86. The second-order valence-electron chi connectivity index (χ2n) is 4.65.